The van der Waals surface area contributed by atoms with Gasteiger partial charge in [0.15, 0.2) is 32.2 Å². The number of pyridine rings is 1. The van der Waals surface area contributed by atoms with Crippen LogP contribution in [0.25, 0.3) is 11.0 Å². The van der Waals surface area contributed by atoms with Crippen LogP contribution in [0.5, 0.6) is 11.5 Å². The number of piperazine rings is 1. The van der Waals surface area contributed by atoms with E-state index in [9.17, 15) is 17.6 Å². The van der Waals surface area contributed by atoms with Crippen molar-refractivity contribution in [3.63, 3.8) is 0 Å². The van der Waals surface area contributed by atoms with Gasteiger partial charge in [-0.3, -0.25) is 14.3 Å². The molecule has 2 aliphatic heterocycles. The van der Waals surface area contributed by atoms with Gasteiger partial charge in [-0.15, -0.1) is 11.3 Å². The predicted octanol–water partition coefficient (Wildman–Crippen LogP) is 5.97. The SMILES string of the molecule is O=c1c(Oc2ccccc2F)cc2cnc(Nc3ccc(N4CCN5CCCC5C4)cc3)nc2n1Cc1scnc1S(=O)(=O)C1CCCC1. The van der Waals surface area contributed by atoms with Gasteiger partial charge in [-0.2, -0.15) is 4.98 Å². The summed E-state index contributed by atoms with van der Waals surface area (Å²) in [7, 11) is -3.69. The number of benzene rings is 2. The smallest absolute Gasteiger partial charge is 0.295 e. The van der Waals surface area contributed by atoms with Crippen LogP contribution in [0.2, 0.25) is 0 Å². The average molecular weight is 702 g/mol. The van der Waals surface area contributed by atoms with Crippen LogP contribution in [0.4, 0.5) is 21.7 Å². The van der Waals surface area contributed by atoms with E-state index in [1.165, 1.54) is 70.8 Å². The third-order valence-electron chi connectivity index (χ3n) is 9.84. The zero-order valence-electron chi connectivity index (χ0n) is 26.8. The summed E-state index contributed by atoms with van der Waals surface area (Å²) in [4.78, 5) is 33.0. The van der Waals surface area contributed by atoms with Gasteiger partial charge in [-0.1, -0.05) is 25.0 Å². The topological polar surface area (TPSA) is 123 Å². The van der Waals surface area contributed by atoms with E-state index in [2.05, 4.69) is 37.2 Å². The summed E-state index contributed by atoms with van der Waals surface area (Å²) >= 11 is 1.17. The number of thiazole rings is 1. The third-order valence-corrected chi connectivity index (χ3v) is 13.0. The second-order valence-corrected chi connectivity index (χ2v) is 16.0. The first kappa shape index (κ1) is 31.8. The number of hydrogen-bond acceptors (Lipinski definition) is 11. The molecule has 5 heterocycles. The maximum atomic E-state index is 14.6. The van der Waals surface area contributed by atoms with Crippen molar-refractivity contribution in [2.45, 2.75) is 61.4 Å². The molecule has 1 unspecified atom stereocenters. The Kier molecular flexibility index (Phi) is 8.54. The summed E-state index contributed by atoms with van der Waals surface area (Å²) in [6, 6.07) is 16.1. The number of anilines is 3. The number of hydrogen-bond donors (Lipinski definition) is 1. The van der Waals surface area contributed by atoms with Gasteiger partial charge in [0.25, 0.3) is 5.56 Å². The fourth-order valence-electron chi connectivity index (χ4n) is 7.27. The van der Waals surface area contributed by atoms with Gasteiger partial charge < -0.3 is 15.0 Å². The molecule has 0 spiro atoms. The Balaban J connectivity index is 1.12. The molecule has 1 saturated carbocycles. The van der Waals surface area contributed by atoms with Crippen molar-refractivity contribution in [3.05, 3.63) is 87.4 Å². The van der Waals surface area contributed by atoms with Gasteiger partial charge in [0.1, 0.15) is 5.65 Å². The maximum Gasteiger partial charge on any atom is 0.295 e. The minimum atomic E-state index is -3.69. The molecular weight excluding hydrogens is 666 g/mol. The number of rotatable bonds is 9. The first-order valence-corrected chi connectivity index (χ1v) is 19.1. The molecule has 1 N–H and O–H groups in total. The van der Waals surface area contributed by atoms with Crippen LogP contribution >= 0.6 is 11.3 Å². The van der Waals surface area contributed by atoms with E-state index in [4.69, 9.17) is 9.72 Å². The van der Waals surface area contributed by atoms with E-state index in [0.29, 0.717) is 29.1 Å². The van der Waals surface area contributed by atoms with E-state index >= 15 is 0 Å². The highest BCUT2D eigenvalue weighted by Crippen LogP contribution is 2.33. The predicted molar refractivity (Wildman–Crippen MR) is 187 cm³/mol. The van der Waals surface area contributed by atoms with Crippen molar-refractivity contribution >= 4 is 49.5 Å². The highest BCUT2D eigenvalue weighted by molar-refractivity contribution is 7.92. The van der Waals surface area contributed by atoms with Crippen molar-refractivity contribution in [1.29, 1.82) is 0 Å². The lowest BCUT2D eigenvalue weighted by atomic mass is 10.1. The summed E-state index contributed by atoms with van der Waals surface area (Å²) in [6.45, 7) is 4.20. The lowest BCUT2D eigenvalue weighted by Crippen LogP contribution is -2.50. The van der Waals surface area contributed by atoms with Crippen LogP contribution in [0, 0.1) is 5.82 Å². The lowest BCUT2D eigenvalue weighted by Gasteiger charge is -2.38. The average Bonchev–Trinajstić information content (AvgIpc) is 3.91. The molecule has 5 aromatic rings. The van der Waals surface area contributed by atoms with Gasteiger partial charge in [-0.25, -0.2) is 22.8 Å². The number of nitrogens with zero attached hydrogens (tertiary/aromatic N) is 6. The fraction of sp³-hybridized carbons (Fsp3) is 0.371. The molecule has 3 aromatic heterocycles. The molecule has 1 aliphatic carbocycles. The molecule has 8 rings (SSSR count). The number of aromatic nitrogens is 4. The molecule has 2 aromatic carbocycles. The third kappa shape index (κ3) is 6.28. The van der Waals surface area contributed by atoms with Gasteiger partial charge in [-0.05, 0) is 74.7 Å². The fourth-order valence-corrected chi connectivity index (χ4v) is 10.3. The molecule has 49 heavy (non-hydrogen) atoms. The highest BCUT2D eigenvalue weighted by Gasteiger charge is 2.34. The molecule has 0 bridgehead atoms. The van der Waals surface area contributed by atoms with Crippen LogP contribution < -0.4 is 20.5 Å². The monoisotopic (exact) mass is 701 g/mol. The van der Waals surface area contributed by atoms with Gasteiger partial charge in [0.05, 0.1) is 22.2 Å². The van der Waals surface area contributed by atoms with Crippen molar-refractivity contribution in [2.24, 2.45) is 0 Å². The zero-order chi connectivity index (χ0) is 33.5. The van der Waals surface area contributed by atoms with E-state index in [1.54, 1.807) is 12.3 Å². The Hall–Kier alpha value is -4.40. The highest BCUT2D eigenvalue weighted by atomic mass is 32.2. The first-order valence-electron chi connectivity index (χ1n) is 16.7. The summed E-state index contributed by atoms with van der Waals surface area (Å²) < 4.78 is 48.9. The molecule has 11 nitrogen and oxygen atoms in total. The Morgan fingerprint density at radius 3 is 2.59 bits per heavy atom. The quantitative estimate of drug-likeness (QED) is 0.197. The van der Waals surface area contributed by atoms with Crippen molar-refractivity contribution in [1.82, 2.24) is 24.4 Å². The molecule has 3 aliphatic rings. The van der Waals surface area contributed by atoms with Gasteiger partial charge in [0, 0.05) is 48.6 Å². The normalized spacial score (nSPS) is 18.6. The second-order valence-electron chi connectivity index (χ2n) is 12.9. The Morgan fingerprint density at radius 2 is 1.78 bits per heavy atom. The minimum absolute atomic E-state index is 0.00767. The van der Waals surface area contributed by atoms with Crippen LogP contribution in [0.15, 0.2) is 76.1 Å². The molecule has 0 radical (unpaired) electrons. The van der Waals surface area contributed by atoms with Crippen LogP contribution in [-0.4, -0.2) is 70.3 Å². The standard InChI is InChI=1S/C35H36FN7O4S2/c36-28-9-3-4-10-29(28)47-30-18-23-19-37-35(39-24-11-13-25(14-12-24)42-17-16-41-15-5-6-26(41)20-42)40-32(23)43(34(30)44)21-31-33(38-22-48-31)49(45,46)27-7-1-2-8-27/h3-4,9-14,18-19,22,26-27H,1-2,5-8,15-17,20-21H2,(H,37,39,40). The zero-order valence-corrected chi connectivity index (χ0v) is 28.4. The molecule has 14 heteroatoms. The largest absolute Gasteiger partial charge is 0.448 e. The Morgan fingerprint density at radius 1 is 0.959 bits per heavy atom. The number of ether oxygens (including phenoxy) is 1. The number of halogens is 1. The van der Waals surface area contributed by atoms with Gasteiger partial charge >= 0.3 is 0 Å². The van der Waals surface area contributed by atoms with Crippen LogP contribution in [-0.2, 0) is 16.4 Å². The second kappa shape index (κ2) is 13.1. The number of sulfone groups is 1. The molecule has 254 valence electrons. The van der Waals surface area contributed by atoms with E-state index in [-0.39, 0.29) is 34.7 Å². The summed E-state index contributed by atoms with van der Waals surface area (Å²) in [5.74, 6) is -0.608. The summed E-state index contributed by atoms with van der Waals surface area (Å²) in [6.07, 6.45) is 6.98. The van der Waals surface area contributed by atoms with Crippen molar-refractivity contribution < 1.29 is 17.5 Å². The first-order chi connectivity index (χ1) is 23.8. The lowest BCUT2D eigenvalue weighted by molar-refractivity contribution is 0.231. The Labute approximate surface area is 287 Å². The van der Waals surface area contributed by atoms with Crippen LogP contribution in [0.3, 0.4) is 0 Å². The Bertz CT molecular complexity index is 2170. The molecule has 0 amide bonds. The minimum Gasteiger partial charge on any atom is -0.448 e. The molecule has 1 atom stereocenters. The van der Waals surface area contributed by atoms with Crippen LogP contribution in [0.1, 0.15) is 43.4 Å². The van der Waals surface area contributed by atoms with Gasteiger partial charge in [0.2, 0.25) is 5.95 Å². The molecular formula is C35H36FN7O4S2. The molecule has 2 saturated heterocycles. The van der Waals surface area contributed by atoms with E-state index < -0.39 is 26.5 Å². The number of para-hydroxylation sites is 1. The molecule has 3 fully saturated rings. The number of nitrogens with one attached hydrogen (secondary N) is 1. The summed E-state index contributed by atoms with van der Waals surface area (Å²) in [5.41, 5.74) is 3.12. The number of fused-ring (bicyclic) bond motifs is 2. The van der Waals surface area contributed by atoms with E-state index in [0.717, 1.165) is 38.2 Å². The maximum absolute atomic E-state index is 14.6. The van der Waals surface area contributed by atoms with E-state index in [1.807, 2.05) is 12.1 Å². The summed E-state index contributed by atoms with van der Waals surface area (Å²) in [5, 5.41) is 3.21. The van der Waals surface area contributed by atoms with Crippen molar-refractivity contribution in [3.8, 4) is 11.5 Å². The van der Waals surface area contributed by atoms with Crippen molar-refractivity contribution in [2.75, 3.05) is 36.4 Å².